The third-order valence-corrected chi connectivity index (χ3v) is 3.66. The van der Waals surface area contributed by atoms with Crippen LogP contribution in [-0.2, 0) is 16.1 Å². The van der Waals surface area contributed by atoms with Crippen molar-refractivity contribution in [2.75, 3.05) is 7.11 Å². The van der Waals surface area contributed by atoms with E-state index < -0.39 is 12.1 Å². The van der Waals surface area contributed by atoms with Gasteiger partial charge in [-0.05, 0) is 31.0 Å². The van der Waals surface area contributed by atoms with Gasteiger partial charge in [0.2, 0.25) is 11.8 Å². The quantitative estimate of drug-likeness (QED) is 0.902. The van der Waals surface area contributed by atoms with Crippen LogP contribution < -0.4 is 10.1 Å². The Morgan fingerprint density at radius 2 is 1.90 bits per heavy atom. The second kappa shape index (κ2) is 5.94. The number of ether oxygens (including phenoxy) is 1. The molecule has 1 aromatic carbocycles. The summed E-state index contributed by atoms with van der Waals surface area (Å²) in [7, 11) is 1.61. The summed E-state index contributed by atoms with van der Waals surface area (Å²) in [6.45, 7) is 4.08. The van der Waals surface area contributed by atoms with Crippen molar-refractivity contribution in [3.63, 3.8) is 0 Å². The van der Waals surface area contributed by atoms with Crippen molar-refractivity contribution in [1.29, 1.82) is 0 Å². The summed E-state index contributed by atoms with van der Waals surface area (Å²) in [5, 5.41) is 2.75. The van der Waals surface area contributed by atoms with Crippen LogP contribution in [0, 0.1) is 0 Å². The second-order valence-electron chi connectivity index (χ2n) is 4.96. The standard InChI is InChI=1S/C15H20N2O3/c1-4-13-15(19)17(10(2)14(18)16-13)9-11-5-7-12(20-3)8-6-11/h5-8,10,13H,4,9H2,1-3H3,(H,16,18). The normalized spacial score (nSPS) is 22.6. The summed E-state index contributed by atoms with van der Waals surface area (Å²) in [5.74, 6) is 0.663. The minimum atomic E-state index is -0.438. The van der Waals surface area contributed by atoms with Gasteiger partial charge in [0, 0.05) is 6.54 Å². The number of piperazine rings is 1. The van der Waals surface area contributed by atoms with Gasteiger partial charge < -0.3 is 15.0 Å². The van der Waals surface area contributed by atoms with E-state index >= 15 is 0 Å². The zero-order valence-electron chi connectivity index (χ0n) is 12.1. The summed E-state index contributed by atoms with van der Waals surface area (Å²) in [5.41, 5.74) is 0.982. The molecule has 2 atom stereocenters. The number of nitrogens with one attached hydrogen (secondary N) is 1. The number of nitrogens with zero attached hydrogens (tertiary/aromatic N) is 1. The average molecular weight is 276 g/mol. The lowest BCUT2D eigenvalue weighted by molar-refractivity contribution is -0.149. The highest BCUT2D eigenvalue weighted by molar-refractivity contribution is 5.96. The van der Waals surface area contributed by atoms with Crippen molar-refractivity contribution in [3.05, 3.63) is 29.8 Å². The van der Waals surface area contributed by atoms with Crippen molar-refractivity contribution >= 4 is 11.8 Å². The van der Waals surface area contributed by atoms with Gasteiger partial charge in [0.15, 0.2) is 0 Å². The zero-order valence-corrected chi connectivity index (χ0v) is 12.1. The second-order valence-corrected chi connectivity index (χ2v) is 4.96. The third-order valence-electron chi connectivity index (χ3n) is 3.66. The number of amides is 2. The highest BCUT2D eigenvalue weighted by Crippen LogP contribution is 2.18. The van der Waals surface area contributed by atoms with Gasteiger partial charge in [-0.2, -0.15) is 0 Å². The monoisotopic (exact) mass is 276 g/mol. The van der Waals surface area contributed by atoms with E-state index in [1.54, 1.807) is 18.9 Å². The lowest BCUT2D eigenvalue weighted by Gasteiger charge is -2.37. The Morgan fingerprint density at radius 3 is 2.45 bits per heavy atom. The van der Waals surface area contributed by atoms with E-state index in [0.717, 1.165) is 11.3 Å². The Balaban J connectivity index is 2.16. The molecule has 1 N–H and O–H groups in total. The fraction of sp³-hybridized carbons (Fsp3) is 0.467. The number of carbonyl (C=O) groups is 2. The van der Waals surface area contributed by atoms with E-state index in [2.05, 4.69) is 5.32 Å². The molecule has 1 aromatic rings. The van der Waals surface area contributed by atoms with Crippen molar-refractivity contribution in [2.45, 2.75) is 38.9 Å². The van der Waals surface area contributed by atoms with Gasteiger partial charge in [0.25, 0.3) is 0 Å². The molecule has 1 aliphatic heterocycles. The number of rotatable bonds is 4. The van der Waals surface area contributed by atoms with Crippen LogP contribution in [0.3, 0.4) is 0 Å². The van der Waals surface area contributed by atoms with Crippen LogP contribution in [0.2, 0.25) is 0 Å². The molecule has 0 aromatic heterocycles. The summed E-state index contributed by atoms with van der Waals surface area (Å²) >= 11 is 0. The Hall–Kier alpha value is -2.04. The molecule has 0 aliphatic carbocycles. The topological polar surface area (TPSA) is 58.6 Å². The van der Waals surface area contributed by atoms with Gasteiger partial charge in [-0.1, -0.05) is 19.1 Å². The van der Waals surface area contributed by atoms with E-state index in [1.807, 2.05) is 31.2 Å². The van der Waals surface area contributed by atoms with E-state index in [-0.39, 0.29) is 11.8 Å². The molecule has 2 unspecified atom stereocenters. The highest BCUT2D eigenvalue weighted by atomic mass is 16.5. The molecule has 1 aliphatic rings. The van der Waals surface area contributed by atoms with Gasteiger partial charge in [-0.3, -0.25) is 9.59 Å². The average Bonchev–Trinajstić information content (AvgIpc) is 2.48. The van der Waals surface area contributed by atoms with Crippen LogP contribution in [-0.4, -0.2) is 35.9 Å². The lowest BCUT2D eigenvalue weighted by Crippen LogP contribution is -2.61. The fourth-order valence-corrected chi connectivity index (χ4v) is 2.31. The molecule has 108 valence electrons. The molecule has 2 amide bonds. The molecule has 1 saturated heterocycles. The number of methoxy groups -OCH3 is 1. The van der Waals surface area contributed by atoms with Gasteiger partial charge in [-0.25, -0.2) is 0 Å². The minimum Gasteiger partial charge on any atom is -0.497 e. The molecule has 0 radical (unpaired) electrons. The molecule has 1 fully saturated rings. The zero-order chi connectivity index (χ0) is 14.7. The molecular weight excluding hydrogens is 256 g/mol. The fourth-order valence-electron chi connectivity index (χ4n) is 2.31. The van der Waals surface area contributed by atoms with Crippen LogP contribution in [0.5, 0.6) is 5.75 Å². The predicted octanol–water partition coefficient (Wildman–Crippen LogP) is 1.32. The first-order chi connectivity index (χ1) is 9.56. The Labute approximate surface area is 118 Å². The molecule has 0 saturated carbocycles. The molecule has 20 heavy (non-hydrogen) atoms. The number of hydrogen-bond donors (Lipinski definition) is 1. The van der Waals surface area contributed by atoms with E-state index in [4.69, 9.17) is 4.74 Å². The van der Waals surface area contributed by atoms with Crippen molar-refractivity contribution < 1.29 is 14.3 Å². The Kier molecular flexibility index (Phi) is 4.27. The molecule has 2 rings (SSSR count). The molecule has 5 heteroatoms. The van der Waals surface area contributed by atoms with Crippen LogP contribution in [0.25, 0.3) is 0 Å². The van der Waals surface area contributed by atoms with Crippen molar-refractivity contribution in [2.24, 2.45) is 0 Å². The highest BCUT2D eigenvalue weighted by Gasteiger charge is 2.36. The smallest absolute Gasteiger partial charge is 0.246 e. The Bertz CT molecular complexity index is 498. The van der Waals surface area contributed by atoms with Crippen LogP contribution in [0.1, 0.15) is 25.8 Å². The first kappa shape index (κ1) is 14.4. The lowest BCUT2D eigenvalue weighted by atomic mass is 10.0. The van der Waals surface area contributed by atoms with Gasteiger partial charge >= 0.3 is 0 Å². The molecule has 5 nitrogen and oxygen atoms in total. The Morgan fingerprint density at radius 1 is 1.25 bits per heavy atom. The largest absolute Gasteiger partial charge is 0.497 e. The summed E-state index contributed by atoms with van der Waals surface area (Å²) in [6.07, 6.45) is 0.608. The maximum absolute atomic E-state index is 12.3. The third kappa shape index (κ3) is 2.76. The molecule has 1 heterocycles. The first-order valence-electron chi connectivity index (χ1n) is 6.80. The first-order valence-corrected chi connectivity index (χ1v) is 6.80. The van der Waals surface area contributed by atoms with Crippen LogP contribution >= 0.6 is 0 Å². The number of carbonyl (C=O) groups excluding carboxylic acids is 2. The SMILES string of the molecule is CCC1NC(=O)C(C)N(Cc2ccc(OC)cc2)C1=O. The van der Waals surface area contributed by atoms with Crippen LogP contribution in [0.4, 0.5) is 0 Å². The molecule has 0 spiro atoms. The number of benzene rings is 1. The summed E-state index contributed by atoms with van der Waals surface area (Å²) in [6, 6.07) is 6.68. The van der Waals surface area contributed by atoms with Crippen molar-refractivity contribution in [3.8, 4) is 5.75 Å². The predicted molar refractivity (Wildman–Crippen MR) is 75.2 cm³/mol. The summed E-state index contributed by atoms with van der Waals surface area (Å²) < 4.78 is 5.11. The minimum absolute atomic E-state index is 0.0181. The van der Waals surface area contributed by atoms with E-state index in [0.29, 0.717) is 13.0 Å². The maximum Gasteiger partial charge on any atom is 0.246 e. The van der Waals surface area contributed by atoms with E-state index in [1.165, 1.54) is 0 Å². The van der Waals surface area contributed by atoms with Gasteiger partial charge in [0.05, 0.1) is 7.11 Å². The van der Waals surface area contributed by atoms with Crippen LogP contribution in [0.15, 0.2) is 24.3 Å². The van der Waals surface area contributed by atoms with Gasteiger partial charge in [0.1, 0.15) is 17.8 Å². The van der Waals surface area contributed by atoms with Gasteiger partial charge in [-0.15, -0.1) is 0 Å². The van der Waals surface area contributed by atoms with E-state index in [9.17, 15) is 9.59 Å². The molecule has 0 bridgehead atoms. The van der Waals surface area contributed by atoms with Crippen molar-refractivity contribution in [1.82, 2.24) is 10.2 Å². The summed E-state index contributed by atoms with van der Waals surface area (Å²) in [4.78, 5) is 25.8. The number of hydrogen-bond acceptors (Lipinski definition) is 3. The maximum atomic E-state index is 12.3. The molecular formula is C15H20N2O3.